The Labute approximate surface area is 169 Å². The zero-order valence-electron chi connectivity index (χ0n) is 16.7. The van der Waals surface area contributed by atoms with Gasteiger partial charge in [-0.05, 0) is 41.8 Å². The van der Waals surface area contributed by atoms with E-state index in [0.29, 0.717) is 0 Å². The van der Waals surface area contributed by atoms with Crippen LogP contribution in [0.2, 0.25) is 0 Å². The molecule has 1 aliphatic rings. The number of benzene rings is 2. The predicted octanol–water partition coefficient (Wildman–Crippen LogP) is 6.66. The number of fused-ring (bicyclic) bond motifs is 7. The van der Waals surface area contributed by atoms with Crippen molar-refractivity contribution in [2.24, 2.45) is 0 Å². The largest absolute Gasteiger partial charge is 0.455 e. The lowest BCUT2D eigenvalue weighted by Gasteiger charge is -2.20. The van der Waals surface area contributed by atoms with Gasteiger partial charge in [-0.2, -0.15) is 0 Å². The van der Waals surface area contributed by atoms with Crippen molar-refractivity contribution in [2.45, 2.75) is 26.2 Å². The minimum atomic E-state index is -0.0689. The lowest BCUT2D eigenvalue weighted by atomic mass is 9.82. The fourth-order valence-corrected chi connectivity index (χ4v) is 4.90. The molecule has 0 radical (unpaired) electrons. The van der Waals surface area contributed by atoms with Gasteiger partial charge in [-0.3, -0.25) is 9.97 Å². The second-order valence-electron chi connectivity index (χ2n) is 8.36. The maximum absolute atomic E-state index is 6.64. The molecule has 0 saturated carbocycles. The van der Waals surface area contributed by atoms with Gasteiger partial charge < -0.3 is 4.42 Å². The van der Waals surface area contributed by atoms with Crippen molar-refractivity contribution in [1.29, 1.82) is 0 Å². The number of aryl methyl sites for hydroxylation is 1. The Hall–Kier alpha value is -3.46. The van der Waals surface area contributed by atoms with E-state index in [0.717, 1.165) is 38.8 Å². The van der Waals surface area contributed by atoms with E-state index >= 15 is 0 Å². The van der Waals surface area contributed by atoms with Gasteiger partial charge in [0.15, 0.2) is 0 Å². The van der Waals surface area contributed by atoms with E-state index in [-0.39, 0.29) is 5.41 Å². The maximum atomic E-state index is 6.64. The van der Waals surface area contributed by atoms with Crippen molar-refractivity contribution in [3.63, 3.8) is 0 Å². The summed E-state index contributed by atoms with van der Waals surface area (Å²) in [4.78, 5) is 9.00. The number of rotatable bonds is 1. The highest BCUT2D eigenvalue weighted by Crippen LogP contribution is 2.52. The van der Waals surface area contributed by atoms with Crippen LogP contribution in [0.5, 0.6) is 0 Å². The van der Waals surface area contributed by atoms with Gasteiger partial charge in [-0.15, -0.1) is 0 Å². The number of furan rings is 1. The van der Waals surface area contributed by atoms with Crippen molar-refractivity contribution in [2.75, 3.05) is 0 Å². The van der Waals surface area contributed by atoms with E-state index in [1.165, 1.54) is 22.3 Å². The van der Waals surface area contributed by atoms with Crippen LogP contribution in [-0.2, 0) is 5.41 Å². The van der Waals surface area contributed by atoms with Crippen LogP contribution >= 0.6 is 0 Å². The smallest absolute Gasteiger partial charge is 0.145 e. The third-order valence-corrected chi connectivity index (χ3v) is 6.38. The summed E-state index contributed by atoms with van der Waals surface area (Å²) < 4.78 is 6.64. The molecule has 0 amide bonds. The quantitative estimate of drug-likeness (QED) is 0.328. The molecule has 140 valence electrons. The highest BCUT2D eigenvalue weighted by molar-refractivity contribution is 6.14. The number of aromatic nitrogens is 2. The standard InChI is InChI=1S/C26H20N2O/c1-15-7-8-16-17-9-10-20-23(18-14-27-13-11-19(18)26(20,2)3)25(17)29-24(16)22(15)21-6-4-5-12-28-21/h4-14H,1-3H3. The van der Waals surface area contributed by atoms with Crippen molar-refractivity contribution in [3.05, 3.63) is 83.8 Å². The molecule has 5 aromatic rings. The van der Waals surface area contributed by atoms with Crippen LogP contribution in [0.25, 0.3) is 44.3 Å². The molecule has 3 heterocycles. The summed E-state index contributed by atoms with van der Waals surface area (Å²) in [6.07, 6.45) is 5.68. The van der Waals surface area contributed by atoms with Crippen LogP contribution in [0.15, 0.2) is 71.5 Å². The Morgan fingerprint density at radius 3 is 2.38 bits per heavy atom. The van der Waals surface area contributed by atoms with E-state index in [9.17, 15) is 0 Å². The molecule has 2 aromatic carbocycles. The van der Waals surface area contributed by atoms with Gasteiger partial charge in [-0.1, -0.05) is 44.2 Å². The van der Waals surface area contributed by atoms with Crippen molar-refractivity contribution in [1.82, 2.24) is 9.97 Å². The first kappa shape index (κ1) is 16.5. The van der Waals surface area contributed by atoms with Gasteiger partial charge in [0, 0.05) is 51.5 Å². The van der Waals surface area contributed by atoms with E-state index in [2.05, 4.69) is 61.1 Å². The molecule has 0 fully saturated rings. The summed E-state index contributed by atoms with van der Waals surface area (Å²) in [5.74, 6) is 0. The molecule has 0 aliphatic heterocycles. The first-order valence-electron chi connectivity index (χ1n) is 9.93. The lowest BCUT2D eigenvalue weighted by molar-refractivity contribution is 0.653. The second kappa shape index (κ2) is 5.54. The molecule has 0 unspecified atom stereocenters. The molecule has 3 nitrogen and oxygen atoms in total. The molecule has 1 aliphatic carbocycles. The molecular weight excluding hydrogens is 356 g/mol. The summed E-state index contributed by atoms with van der Waals surface area (Å²) >= 11 is 0. The van der Waals surface area contributed by atoms with Gasteiger partial charge >= 0.3 is 0 Å². The van der Waals surface area contributed by atoms with Gasteiger partial charge in [0.2, 0.25) is 0 Å². The van der Waals surface area contributed by atoms with Crippen molar-refractivity contribution < 1.29 is 4.42 Å². The van der Waals surface area contributed by atoms with Gasteiger partial charge in [0.1, 0.15) is 11.2 Å². The van der Waals surface area contributed by atoms with E-state index in [1.54, 1.807) is 0 Å². The Morgan fingerprint density at radius 1 is 0.793 bits per heavy atom. The SMILES string of the molecule is Cc1ccc2c(oc3c4c(ccc32)C(C)(C)c2ccncc2-4)c1-c1ccccn1. The summed E-state index contributed by atoms with van der Waals surface area (Å²) in [6.45, 7) is 6.66. The molecule has 6 rings (SSSR count). The molecule has 3 aromatic heterocycles. The van der Waals surface area contributed by atoms with Gasteiger partial charge in [0.05, 0.1) is 5.69 Å². The molecule has 0 atom stereocenters. The van der Waals surface area contributed by atoms with Crippen LogP contribution in [0.1, 0.15) is 30.5 Å². The molecular formula is C26H20N2O. The molecule has 3 heteroatoms. The summed E-state index contributed by atoms with van der Waals surface area (Å²) in [5.41, 5.74) is 9.90. The zero-order chi connectivity index (χ0) is 19.8. The fraction of sp³-hybridized carbons (Fsp3) is 0.154. The van der Waals surface area contributed by atoms with E-state index < -0.39 is 0 Å². The molecule has 0 N–H and O–H groups in total. The fourth-order valence-electron chi connectivity index (χ4n) is 4.90. The monoisotopic (exact) mass is 376 g/mol. The van der Waals surface area contributed by atoms with Crippen LogP contribution in [0.4, 0.5) is 0 Å². The predicted molar refractivity (Wildman–Crippen MR) is 117 cm³/mol. The third kappa shape index (κ3) is 2.07. The molecule has 0 bridgehead atoms. The van der Waals surface area contributed by atoms with Crippen molar-refractivity contribution in [3.8, 4) is 22.4 Å². The topological polar surface area (TPSA) is 38.9 Å². The maximum Gasteiger partial charge on any atom is 0.145 e. The van der Waals surface area contributed by atoms with Gasteiger partial charge in [0.25, 0.3) is 0 Å². The minimum absolute atomic E-state index is 0.0689. The Morgan fingerprint density at radius 2 is 1.59 bits per heavy atom. The Balaban J connectivity index is 1.77. The van der Waals surface area contributed by atoms with Crippen LogP contribution < -0.4 is 0 Å². The lowest BCUT2D eigenvalue weighted by Crippen LogP contribution is -2.14. The van der Waals surface area contributed by atoms with Crippen LogP contribution in [0, 0.1) is 6.92 Å². The molecule has 29 heavy (non-hydrogen) atoms. The highest BCUT2D eigenvalue weighted by atomic mass is 16.3. The number of hydrogen-bond donors (Lipinski definition) is 0. The van der Waals surface area contributed by atoms with Crippen LogP contribution in [0.3, 0.4) is 0 Å². The summed E-state index contributed by atoms with van der Waals surface area (Å²) in [6, 6.07) is 16.9. The first-order chi connectivity index (χ1) is 14.1. The number of pyridine rings is 2. The second-order valence-corrected chi connectivity index (χ2v) is 8.36. The molecule has 0 spiro atoms. The Kier molecular flexibility index (Phi) is 3.15. The van der Waals surface area contributed by atoms with E-state index in [1.807, 2.05) is 36.8 Å². The van der Waals surface area contributed by atoms with Crippen LogP contribution in [-0.4, -0.2) is 9.97 Å². The highest BCUT2D eigenvalue weighted by Gasteiger charge is 2.37. The average Bonchev–Trinajstić information content (AvgIpc) is 3.22. The normalized spacial score (nSPS) is 14.3. The first-order valence-corrected chi connectivity index (χ1v) is 9.93. The summed E-state index contributed by atoms with van der Waals surface area (Å²) in [7, 11) is 0. The minimum Gasteiger partial charge on any atom is -0.455 e. The third-order valence-electron chi connectivity index (χ3n) is 6.38. The number of hydrogen-bond acceptors (Lipinski definition) is 3. The average molecular weight is 376 g/mol. The Bertz CT molecular complexity index is 1430. The number of nitrogens with zero attached hydrogens (tertiary/aromatic N) is 2. The van der Waals surface area contributed by atoms with Crippen molar-refractivity contribution >= 4 is 21.9 Å². The van der Waals surface area contributed by atoms with E-state index in [4.69, 9.17) is 4.42 Å². The zero-order valence-corrected chi connectivity index (χ0v) is 16.7. The molecule has 0 saturated heterocycles. The van der Waals surface area contributed by atoms with Gasteiger partial charge in [-0.25, -0.2) is 0 Å². The summed E-state index contributed by atoms with van der Waals surface area (Å²) in [5, 5.41) is 2.27.